The third kappa shape index (κ3) is 3.57. The molecule has 5 heteroatoms. The molecule has 1 aromatic carbocycles. The van der Waals surface area contributed by atoms with Crippen LogP contribution in [0.15, 0.2) is 30.3 Å². The molecular formula is C15H20N2O3. The number of amides is 2. The number of carbonyl (C=O) groups is 2. The van der Waals surface area contributed by atoms with Gasteiger partial charge in [-0.2, -0.15) is 0 Å². The maximum absolute atomic E-state index is 11.9. The van der Waals surface area contributed by atoms with Crippen molar-refractivity contribution in [3.63, 3.8) is 0 Å². The van der Waals surface area contributed by atoms with Gasteiger partial charge in [-0.3, -0.25) is 9.59 Å². The van der Waals surface area contributed by atoms with E-state index in [4.69, 9.17) is 4.74 Å². The maximum Gasteiger partial charge on any atom is 0.245 e. The lowest BCUT2D eigenvalue weighted by molar-refractivity contribution is -0.139. The van der Waals surface area contributed by atoms with E-state index < -0.39 is 12.1 Å². The molecule has 1 aromatic rings. The number of hydrogen-bond donors (Lipinski definition) is 2. The molecule has 2 atom stereocenters. The molecule has 0 bridgehead atoms. The van der Waals surface area contributed by atoms with Crippen LogP contribution in [0.5, 0.6) is 0 Å². The monoisotopic (exact) mass is 276 g/mol. The van der Waals surface area contributed by atoms with Crippen molar-refractivity contribution in [2.24, 2.45) is 5.92 Å². The van der Waals surface area contributed by atoms with Crippen molar-refractivity contribution in [2.45, 2.75) is 32.5 Å². The van der Waals surface area contributed by atoms with Crippen molar-refractivity contribution in [1.82, 2.24) is 10.6 Å². The Hall–Kier alpha value is -1.88. The van der Waals surface area contributed by atoms with Crippen LogP contribution in [0, 0.1) is 5.92 Å². The summed E-state index contributed by atoms with van der Waals surface area (Å²) in [6.45, 7) is 4.40. The first-order valence-corrected chi connectivity index (χ1v) is 6.80. The van der Waals surface area contributed by atoms with Gasteiger partial charge in [0.15, 0.2) is 0 Å². The van der Waals surface area contributed by atoms with E-state index in [1.54, 1.807) is 0 Å². The van der Waals surface area contributed by atoms with E-state index in [0.29, 0.717) is 6.61 Å². The number of piperazine rings is 1. The predicted molar refractivity (Wildman–Crippen MR) is 74.8 cm³/mol. The van der Waals surface area contributed by atoms with Crippen molar-refractivity contribution < 1.29 is 14.3 Å². The van der Waals surface area contributed by atoms with Gasteiger partial charge in [-0.05, 0) is 11.5 Å². The summed E-state index contributed by atoms with van der Waals surface area (Å²) in [7, 11) is 0. The van der Waals surface area contributed by atoms with Gasteiger partial charge >= 0.3 is 0 Å². The second kappa shape index (κ2) is 6.52. The molecule has 2 N–H and O–H groups in total. The van der Waals surface area contributed by atoms with Crippen LogP contribution < -0.4 is 10.6 Å². The second-order valence-electron chi connectivity index (χ2n) is 5.29. The van der Waals surface area contributed by atoms with Gasteiger partial charge < -0.3 is 15.4 Å². The van der Waals surface area contributed by atoms with Crippen LogP contribution in [-0.2, 0) is 20.9 Å². The molecule has 2 amide bonds. The van der Waals surface area contributed by atoms with Gasteiger partial charge in [0.05, 0.1) is 13.2 Å². The highest BCUT2D eigenvalue weighted by Gasteiger charge is 2.35. The predicted octanol–water partition coefficient (Wildman–Crippen LogP) is 0.842. The van der Waals surface area contributed by atoms with E-state index in [2.05, 4.69) is 10.6 Å². The van der Waals surface area contributed by atoms with Gasteiger partial charge in [0.1, 0.15) is 12.1 Å². The molecule has 1 aliphatic rings. The van der Waals surface area contributed by atoms with Crippen molar-refractivity contribution >= 4 is 11.8 Å². The Morgan fingerprint density at radius 1 is 1.10 bits per heavy atom. The zero-order chi connectivity index (χ0) is 14.5. The zero-order valence-electron chi connectivity index (χ0n) is 11.8. The lowest BCUT2D eigenvalue weighted by atomic mass is 10.00. The number of hydrogen-bond acceptors (Lipinski definition) is 3. The Labute approximate surface area is 118 Å². The lowest BCUT2D eigenvalue weighted by Gasteiger charge is -2.31. The summed E-state index contributed by atoms with van der Waals surface area (Å²) in [5.41, 5.74) is 1.04. The smallest absolute Gasteiger partial charge is 0.245 e. The van der Waals surface area contributed by atoms with Crippen molar-refractivity contribution in [3.05, 3.63) is 35.9 Å². The van der Waals surface area contributed by atoms with E-state index in [1.807, 2.05) is 44.2 Å². The number of benzene rings is 1. The molecular weight excluding hydrogens is 256 g/mol. The Balaban J connectivity index is 1.82. The first kappa shape index (κ1) is 14.5. The zero-order valence-corrected chi connectivity index (χ0v) is 11.8. The Morgan fingerprint density at radius 3 is 2.45 bits per heavy atom. The van der Waals surface area contributed by atoms with Crippen LogP contribution in [0.2, 0.25) is 0 Å². The molecule has 0 aromatic heterocycles. The first-order valence-electron chi connectivity index (χ1n) is 6.80. The normalized spacial score (nSPS) is 22.6. The van der Waals surface area contributed by atoms with E-state index in [0.717, 1.165) is 5.56 Å². The first-order chi connectivity index (χ1) is 9.58. The third-order valence-electron chi connectivity index (χ3n) is 3.28. The van der Waals surface area contributed by atoms with Gasteiger partial charge in [-0.25, -0.2) is 0 Å². The van der Waals surface area contributed by atoms with Gasteiger partial charge in [-0.15, -0.1) is 0 Å². The summed E-state index contributed by atoms with van der Waals surface area (Å²) in [6, 6.07) is 8.64. The van der Waals surface area contributed by atoms with Crippen LogP contribution in [0.1, 0.15) is 19.4 Å². The number of carbonyl (C=O) groups excluding carboxylic acids is 2. The van der Waals surface area contributed by atoms with Gasteiger partial charge in [0.25, 0.3) is 0 Å². The van der Waals surface area contributed by atoms with Crippen LogP contribution in [-0.4, -0.2) is 30.5 Å². The average molecular weight is 276 g/mol. The third-order valence-corrected chi connectivity index (χ3v) is 3.28. The quantitative estimate of drug-likeness (QED) is 0.837. The molecule has 1 fully saturated rings. The van der Waals surface area contributed by atoms with Crippen molar-refractivity contribution in [2.75, 3.05) is 6.61 Å². The van der Waals surface area contributed by atoms with Gasteiger partial charge in [-0.1, -0.05) is 44.2 Å². The number of ether oxygens (including phenoxy) is 1. The number of nitrogens with one attached hydrogen (secondary N) is 2. The fourth-order valence-electron chi connectivity index (χ4n) is 2.10. The molecule has 2 rings (SSSR count). The summed E-state index contributed by atoms with van der Waals surface area (Å²) in [5.74, 6) is -0.255. The highest BCUT2D eigenvalue weighted by molar-refractivity contribution is 5.97. The van der Waals surface area contributed by atoms with Crippen LogP contribution in [0.25, 0.3) is 0 Å². The molecule has 5 nitrogen and oxygen atoms in total. The van der Waals surface area contributed by atoms with Crippen molar-refractivity contribution in [3.8, 4) is 0 Å². The minimum absolute atomic E-state index is 0.0742. The SMILES string of the molecule is CC(C)[C@@H]1NC(=O)[C@H](COCc2ccccc2)NC1=O. The molecule has 0 saturated carbocycles. The fraction of sp³-hybridized carbons (Fsp3) is 0.467. The van der Waals surface area contributed by atoms with Crippen molar-refractivity contribution in [1.29, 1.82) is 0 Å². The summed E-state index contributed by atoms with van der Waals surface area (Å²) < 4.78 is 5.50. The Kier molecular flexibility index (Phi) is 4.74. The highest BCUT2D eigenvalue weighted by atomic mass is 16.5. The Bertz CT molecular complexity index is 473. The molecule has 20 heavy (non-hydrogen) atoms. The van der Waals surface area contributed by atoms with E-state index in [9.17, 15) is 9.59 Å². The molecule has 0 aliphatic carbocycles. The molecule has 0 spiro atoms. The molecule has 1 heterocycles. The Morgan fingerprint density at radius 2 is 1.80 bits per heavy atom. The largest absolute Gasteiger partial charge is 0.374 e. The fourth-order valence-corrected chi connectivity index (χ4v) is 2.10. The maximum atomic E-state index is 11.9. The molecule has 108 valence electrons. The topological polar surface area (TPSA) is 67.4 Å². The minimum atomic E-state index is -0.610. The summed E-state index contributed by atoms with van der Waals surface area (Å²) >= 11 is 0. The molecule has 1 aliphatic heterocycles. The summed E-state index contributed by atoms with van der Waals surface area (Å²) in [6.07, 6.45) is 0. The van der Waals surface area contributed by atoms with Gasteiger partial charge in [0.2, 0.25) is 11.8 Å². The van der Waals surface area contributed by atoms with E-state index >= 15 is 0 Å². The second-order valence-corrected chi connectivity index (χ2v) is 5.29. The standard InChI is InChI=1S/C15H20N2O3/c1-10(2)13-15(19)16-12(14(18)17-13)9-20-8-11-6-4-3-5-7-11/h3-7,10,12-13H,8-9H2,1-2H3,(H,16,19)(H,17,18)/t12-,13-/m0/s1. The van der Waals surface area contributed by atoms with Crippen LogP contribution >= 0.6 is 0 Å². The summed E-state index contributed by atoms with van der Waals surface area (Å²) in [4.78, 5) is 23.7. The van der Waals surface area contributed by atoms with Crippen LogP contribution in [0.3, 0.4) is 0 Å². The molecule has 0 unspecified atom stereocenters. The van der Waals surface area contributed by atoms with Crippen LogP contribution in [0.4, 0.5) is 0 Å². The lowest BCUT2D eigenvalue weighted by Crippen LogP contribution is -2.64. The minimum Gasteiger partial charge on any atom is -0.374 e. The summed E-state index contributed by atoms with van der Waals surface area (Å²) in [5, 5.41) is 5.44. The highest BCUT2D eigenvalue weighted by Crippen LogP contribution is 2.08. The molecule has 1 saturated heterocycles. The van der Waals surface area contributed by atoms with E-state index in [1.165, 1.54) is 0 Å². The van der Waals surface area contributed by atoms with E-state index in [-0.39, 0.29) is 24.3 Å². The number of rotatable bonds is 5. The van der Waals surface area contributed by atoms with Gasteiger partial charge in [0, 0.05) is 0 Å². The molecule has 0 radical (unpaired) electrons. The average Bonchev–Trinajstić information content (AvgIpc) is 2.43.